The number of likely N-dealkylation sites (N-methyl/N-ethyl adjacent to an activating group) is 1. The van der Waals surface area contributed by atoms with E-state index in [1.54, 1.807) is 7.05 Å². The fourth-order valence-corrected chi connectivity index (χ4v) is 4.21. The highest BCUT2D eigenvalue weighted by molar-refractivity contribution is 7.89. The van der Waals surface area contributed by atoms with Gasteiger partial charge in [-0.2, -0.15) is 4.31 Å². The summed E-state index contributed by atoms with van der Waals surface area (Å²) in [6.07, 6.45) is 0.779. The Morgan fingerprint density at radius 3 is 2.38 bits per heavy atom. The van der Waals surface area contributed by atoms with E-state index in [0.717, 1.165) is 13.0 Å². The van der Waals surface area contributed by atoms with Crippen LogP contribution in [0.3, 0.4) is 0 Å². The van der Waals surface area contributed by atoms with Crippen LogP contribution in [0.4, 0.5) is 10.1 Å². The van der Waals surface area contributed by atoms with Crippen LogP contribution in [0.15, 0.2) is 53.4 Å². The number of anilines is 1. The lowest BCUT2D eigenvalue weighted by Gasteiger charge is -2.23. The average molecular weight is 377 g/mol. The van der Waals surface area contributed by atoms with Crippen molar-refractivity contribution in [2.75, 3.05) is 25.5 Å². The number of halogens is 1. The minimum absolute atomic E-state index is 0.0575. The van der Waals surface area contributed by atoms with Crippen molar-refractivity contribution in [3.63, 3.8) is 0 Å². The summed E-state index contributed by atoms with van der Waals surface area (Å²) in [6, 6.07) is 11.1. The van der Waals surface area contributed by atoms with Crippen molar-refractivity contribution >= 4 is 21.6 Å². The summed E-state index contributed by atoms with van der Waals surface area (Å²) in [5, 5.41) is 5.81. The number of benzene rings is 2. The van der Waals surface area contributed by atoms with E-state index in [9.17, 15) is 17.6 Å². The molecule has 0 radical (unpaired) electrons. The Morgan fingerprint density at radius 1 is 1.15 bits per heavy atom. The maximum absolute atomic E-state index is 12.9. The zero-order valence-electron chi connectivity index (χ0n) is 14.3. The molecule has 1 aliphatic rings. The Bertz CT molecular complexity index is 877. The fraction of sp³-hybridized carbons (Fsp3) is 0.278. The first-order valence-corrected chi connectivity index (χ1v) is 9.67. The van der Waals surface area contributed by atoms with Crippen LogP contribution in [0.2, 0.25) is 0 Å². The number of amides is 1. The third-order valence-corrected chi connectivity index (χ3v) is 6.37. The molecular weight excluding hydrogens is 357 g/mol. The first-order chi connectivity index (χ1) is 12.4. The van der Waals surface area contributed by atoms with Gasteiger partial charge in [0.2, 0.25) is 10.0 Å². The number of nitrogens with zero attached hydrogens (tertiary/aromatic N) is 1. The lowest BCUT2D eigenvalue weighted by atomic mass is 10.2. The zero-order chi connectivity index (χ0) is 18.7. The third-order valence-electron chi connectivity index (χ3n) is 4.44. The molecule has 2 aromatic rings. The molecule has 2 N–H and O–H groups in total. The summed E-state index contributed by atoms with van der Waals surface area (Å²) in [5.41, 5.74) is 0.778. The Balaban J connectivity index is 1.71. The van der Waals surface area contributed by atoms with Gasteiger partial charge in [-0.15, -0.1) is 0 Å². The molecular formula is C18H20FN3O3S. The Hall–Kier alpha value is -2.29. The molecule has 8 heteroatoms. The van der Waals surface area contributed by atoms with Crippen LogP contribution in [0.5, 0.6) is 0 Å². The molecule has 6 nitrogen and oxygen atoms in total. The summed E-state index contributed by atoms with van der Waals surface area (Å²) >= 11 is 0. The third kappa shape index (κ3) is 3.92. The van der Waals surface area contributed by atoms with Gasteiger partial charge in [-0.25, -0.2) is 12.8 Å². The van der Waals surface area contributed by atoms with Gasteiger partial charge in [0.15, 0.2) is 0 Å². The molecule has 0 aromatic heterocycles. The van der Waals surface area contributed by atoms with Crippen molar-refractivity contribution in [2.45, 2.75) is 17.4 Å². The van der Waals surface area contributed by atoms with E-state index in [1.165, 1.54) is 52.8 Å². The van der Waals surface area contributed by atoms with Crippen molar-refractivity contribution in [1.82, 2.24) is 9.62 Å². The lowest BCUT2D eigenvalue weighted by molar-refractivity contribution is 0.102. The summed E-state index contributed by atoms with van der Waals surface area (Å²) in [5.74, 6) is -0.813. The number of hydrogen-bond donors (Lipinski definition) is 2. The molecule has 0 bridgehead atoms. The van der Waals surface area contributed by atoms with Crippen molar-refractivity contribution in [1.29, 1.82) is 0 Å². The summed E-state index contributed by atoms with van der Waals surface area (Å²) in [4.78, 5) is 12.3. The van der Waals surface area contributed by atoms with Gasteiger partial charge in [0, 0.05) is 30.9 Å². The van der Waals surface area contributed by atoms with Gasteiger partial charge in [0.1, 0.15) is 5.82 Å². The van der Waals surface area contributed by atoms with Gasteiger partial charge >= 0.3 is 0 Å². The van der Waals surface area contributed by atoms with Gasteiger partial charge in [-0.1, -0.05) is 0 Å². The number of carbonyl (C=O) groups is 1. The molecule has 0 aliphatic carbocycles. The topological polar surface area (TPSA) is 78.5 Å². The van der Waals surface area contributed by atoms with Crippen LogP contribution >= 0.6 is 0 Å². The van der Waals surface area contributed by atoms with E-state index in [1.807, 2.05) is 0 Å². The van der Waals surface area contributed by atoms with Gasteiger partial charge in [0.25, 0.3) is 5.91 Å². The van der Waals surface area contributed by atoms with Crippen molar-refractivity contribution in [3.8, 4) is 0 Å². The SMILES string of the molecule is CN(C1CCNC1)S(=O)(=O)c1ccc(NC(=O)c2ccc(F)cc2)cc1. The molecule has 1 aliphatic heterocycles. The Labute approximate surface area is 152 Å². The second-order valence-electron chi connectivity index (χ2n) is 6.15. The van der Waals surface area contributed by atoms with Gasteiger partial charge in [-0.3, -0.25) is 4.79 Å². The quantitative estimate of drug-likeness (QED) is 0.836. The second kappa shape index (κ2) is 7.53. The zero-order valence-corrected chi connectivity index (χ0v) is 15.1. The molecule has 1 amide bonds. The average Bonchev–Trinajstić information content (AvgIpc) is 3.16. The largest absolute Gasteiger partial charge is 0.322 e. The number of hydrogen-bond acceptors (Lipinski definition) is 4. The highest BCUT2D eigenvalue weighted by Gasteiger charge is 2.29. The molecule has 0 saturated carbocycles. The molecule has 1 heterocycles. The molecule has 3 rings (SSSR count). The fourth-order valence-electron chi connectivity index (χ4n) is 2.83. The molecule has 1 saturated heterocycles. The smallest absolute Gasteiger partial charge is 0.255 e. The van der Waals surface area contributed by atoms with E-state index < -0.39 is 21.7 Å². The van der Waals surface area contributed by atoms with Crippen molar-refractivity contribution in [2.24, 2.45) is 0 Å². The molecule has 1 atom stereocenters. The molecule has 0 spiro atoms. The first-order valence-electron chi connectivity index (χ1n) is 8.23. The van der Waals surface area contributed by atoms with E-state index in [2.05, 4.69) is 10.6 Å². The molecule has 138 valence electrons. The normalized spacial score (nSPS) is 17.4. The maximum Gasteiger partial charge on any atom is 0.255 e. The predicted molar refractivity (Wildman–Crippen MR) is 97.0 cm³/mol. The van der Waals surface area contributed by atoms with Crippen molar-refractivity contribution in [3.05, 3.63) is 59.9 Å². The van der Waals surface area contributed by atoms with E-state index in [4.69, 9.17) is 0 Å². The molecule has 2 aromatic carbocycles. The van der Waals surface area contributed by atoms with Crippen LogP contribution in [0, 0.1) is 5.82 Å². The maximum atomic E-state index is 12.9. The van der Waals surface area contributed by atoms with Gasteiger partial charge < -0.3 is 10.6 Å². The molecule has 1 unspecified atom stereocenters. The monoisotopic (exact) mass is 377 g/mol. The molecule has 1 fully saturated rings. The van der Waals surface area contributed by atoms with E-state index in [0.29, 0.717) is 17.8 Å². The Kier molecular flexibility index (Phi) is 5.36. The highest BCUT2D eigenvalue weighted by atomic mass is 32.2. The first kappa shape index (κ1) is 18.5. The lowest BCUT2D eigenvalue weighted by Crippen LogP contribution is -2.38. The Morgan fingerprint density at radius 2 is 1.81 bits per heavy atom. The van der Waals surface area contributed by atoms with Gasteiger partial charge in [0.05, 0.1) is 4.90 Å². The van der Waals surface area contributed by atoms with E-state index in [-0.39, 0.29) is 10.9 Å². The second-order valence-corrected chi connectivity index (χ2v) is 8.15. The standard InChI is InChI=1S/C18H20FN3O3S/c1-22(16-10-11-20-12-16)26(24,25)17-8-6-15(7-9-17)21-18(23)13-2-4-14(19)5-3-13/h2-9,16,20H,10-12H2,1H3,(H,21,23). The van der Waals surface area contributed by atoms with Crippen molar-refractivity contribution < 1.29 is 17.6 Å². The minimum atomic E-state index is -3.59. The van der Waals surface area contributed by atoms with Crippen LogP contribution in [0.1, 0.15) is 16.8 Å². The number of sulfonamides is 1. The summed E-state index contributed by atoms with van der Waals surface area (Å²) in [7, 11) is -2.01. The van der Waals surface area contributed by atoms with Crippen LogP contribution < -0.4 is 10.6 Å². The van der Waals surface area contributed by atoms with Crippen LogP contribution in [-0.4, -0.2) is 44.8 Å². The molecule has 26 heavy (non-hydrogen) atoms. The predicted octanol–water partition coefficient (Wildman–Crippen LogP) is 2.06. The minimum Gasteiger partial charge on any atom is -0.322 e. The van der Waals surface area contributed by atoms with Crippen LogP contribution in [-0.2, 0) is 10.0 Å². The van der Waals surface area contributed by atoms with E-state index >= 15 is 0 Å². The van der Waals surface area contributed by atoms with Crippen LogP contribution in [0.25, 0.3) is 0 Å². The summed E-state index contributed by atoms with van der Waals surface area (Å²) < 4.78 is 39.7. The number of nitrogens with one attached hydrogen (secondary N) is 2. The number of rotatable bonds is 5. The summed E-state index contributed by atoms with van der Waals surface area (Å²) in [6.45, 7) is 1.44. The number of carbonyl (C=O) groups excluding carboxylic acids is 1. The van der Waals surface area contributed by atoms with Gasteiger partial charge in [-0.05, 0) is 61.5 Å². The highest BCUT2D eigenvalue weighted by Crippen LogP contribution is 2.21.